The number of carboxylic acids is 1. The number of ether oxygens (including phenoxy) is 1. The van der Waals surface area contributed by atoms with Gasteiger partial charge in [-0.05, 0) is 46.9 Å². The minimum absolute atomic E-state index is 0.00815. The number of fused-ring (bicyclic) bond motifs is 3. The van der Waals surface area contributed by atoms with E-state index < -0.39 is 18.1 Å². The van der Waals surface area contributed by atoms with Gasteiger partial charge in [0.25, 0.3) is 0 Å². The Morgan fingerprint density at radius 3 is 2.29 bits per heavy atom. The number of carbonyl (C=O) groups excluding carboxylic acids is 2. The summed E-state index contributed by atoms with van der Waals surface area (Å²) in [4.78, 5) is 38.2. The third-order valence-electron chi connectivity index (χ3n) is 6.88. The third-order valence-corrected chi connectivity index (χ3v) is 6.88. The maximum Gasteiger partial charge on any atom is 0.407 e. The Morgan fingerprint density at radius 1 is 1.06 bits per heavy atom. The minimum atomic E-state index is -0.954. The number of aliphatic carboxylic acids is 1. The van der Waals surface area contributed by atoms with E-state index in [4.69, 9.17) is 4.74 Å². The van der Waals surface area contributed by atoms with Crippen molar-refractivity contribution in [3.05, 3.63) is 59.7 Å². The van der Waals surface area contributed by atoms with Crippen LogP contribution < -0.4 is 5.32 Å². The van der Waals surface area contributed by atoms with Gasteiger partial charge in [-0.1, -0.05) is 62.4 Å². The molecule has 3 atom stereocenters. The lowest BCUT2D eigenvalue weighted by Crippen LogP contribution is -2.50. The molecule has 180 valence electrons. The third kappa shape index (κ3) is 5.08. The lowest BCUT2D eigenvalue weighted by molar-refractivity contribution is -0.153. The number of amides is 2. The molecule has 34 heavy (non-hydrogen) atoms. The van der Waals surface area contributed by atoms with Gasteiger partial charge in [-0.3, -0.25) is 4.79 Å². The number of likely N-dealkylation sites (tertiary alicyclic amines) is 1. The van der Waals surface area contributed by atoms with Crippen LogP contribution in [0, 0.1) is 11.8 Å². The number of carbonyl (C=O) groups is 3. The molecule has 0 aromatic heterocycles. The first kappa shape index (κ1) is 23.8. The predicted molar refractivity (Wildman–Crippen MR) is 128 cm³/mol. The van der Waals surface area contributed by atoms with Crippen molar-refractivity contribution in [1.82, 2.24) is 10.2 Å². The lowest BCUT2D eigenvalue weighted by atomic mass is 9.93. The largest absolute Gasteiger partial charge is 0.480 e. The van der Waals surface area contributed by atoms with E-state index in [0.717, 1.165) is 17.5 Å². The maximum absolute atomic E-state index is 12.8. The molecule has 1 saturated heterocycles. The molecule has 0 saturated carbocycles. The Labute approximate surface area is 200 Å². The second-order valence-electron chi connectivity index (χ2n) is 9.60. The summed E-state index contributed by atoms with van der Waals surface area (Å²) in [6, 6.07) is 15.6. The van der Waals surface area contributed by atoms with Crippen LogP contribution in [0.15, 0.2) is 48.5 Å². The summed E-state index contributed by atoms with van der Waals surface area (Å²) in [5.41, 5.74) is 4.65. The molecule has 2 N–H and O–H groups in total. The maximum atomic E-state index is 12.8. The van der Waals surface area contributed by atoms with E-state index in [1.54, 1.807) is 0 Å². The highest BCUT2D eigenvalue weighted by molar-refractivity contribution is 5.84. The summed E-state index contributed by atoms with van der Waals surface area (Å²) in [6.45, 7) is 4.87. The number of rotatable bonds is 7. The first-order chi connectivity index (χ1) is 16.3. The highest BCUT2D eigenvalue weighted by Gasteiger charge is 2.35. The molecule has 1 fully saturated rings. The van der Waals surface area contributed by atoms with Gasteiger partial charge in [0.1, 0.15) is 12.6 Å². The Hall–Kier alpha value is -3.35. The minimum Gasteiger partial charge on any atom is -0.480 e. The summed E-state index contributed by atoms with van der Waals surface area (Å²) < 4.78 is 5.55. The second kappa shape index (κ2) is 10.3. The Kier molecular flexibility index (Phi) is 7.20. The SMILES string of the molecule is CC(CNC(=O)OCC1c2ccccc2-c2ccccc21)CC(=O)N1CC(C)CCC1C(=O)O. The molecule has 4 rings (SSSR count). The zero-order valence-corrected chi connectivity index (χ0v) is 19.7. The zero-order valence-electron chi connectivity index (χ0n) is 19.7. The van der Waals surface area contributed by atoms with Gasteiger partial charge in [0, 0.05) is 25.4 Å². The molecule has 0 spiro atoms. The molecule has 0 radical (unpaired) electrons. The van der Waals surface area contributed by atoms with Crippen LogP contribution in [0.5, 0.6) is 0 Å². The second-order valence-corrected chi connectivity index (χ2v) is 9.60. The van der Waals surface area contributed by atoms with E-state index in [1.165, 1.54) is 16.0 Å². The van der Waals surface area contributed by atoms with Crippen molar-refractivity contribution in [2.24, 2.45) is 11.8 Å². The van der Waals surface area contributed by atoms with Gasteiger partial charge in [0.05, 0.1) is 0 Å². The Bertz CT molecular complexity index is 1020. The van der Waals surface area contributed by atoms with Crippen molar-refractivity contribution in [3.8, 4) is 11.1 Å². The number of hydrogen-bond acceptors (Lipinski definition) is 4. The van der Waals surface area contributed by atoms with E-state index in [0.29, 0.717) is 13.0 Å². The first-order valence-electron chi connectivity index (χ1n) is 12.0. The summed E-state index contributed by atoms with van der Waals surface area (Å²) in [5, 5.41) is 12.2. The van der Waals surface area contributed by atoms with Gasteiger partial charge in [-0.2, -0.15) is 0 Å². The highest BCUT2D eigenvalue weighted by atomic mass is 16.5. The number of carboxylic acid groups (broad SMARTS) is 1. The van der Waals surface area contributed by atoms with Crippen molar-refractivity contribution in [2.75, 3.05) is 19.7 Å². The molecule has 1 aliphatic carbocycles. The van der Waals surface area contributed by atoms with Gasteiger partial charge < -0.3 is 20.1 Å². The van der Waals surface area contributed by atoms with E-state index in [9.17, 15) is 19.5 Å². The molecule has 7 heteroatoms. The fourth-order valence-electron chi connectivity index (χ4n) is 5.08. The van der Waals surface area contributed by atoms with Crippen molar-refractivity contribution in [3.63, 3.8) is 0 Å². The van der Waals surface area contributed by atoms with Crippen LogP contribution in [0.3, 0.4) is 0 Å². The van der Waals surface area contributed by atoms with E-state index in [2.05, 4.69) is 29.6 Å². The van der Waals surface area contributed by atoms with E-state index in [-0.39, 0.29) is 43.2 Å². The summed E-state index contributed by atoms with van der Waals surface area (Å²) in [7, 11) is 0. The van der Waals surface area contributed by atoms with E-state index in [1.807, 2.05) is 38.1 Å². The van der Waals surface area contributed by atoms with Gasteiger partial charge in [-0.15, -0.1) is 0 Å². The number of nitrogens with one attached hydrogen (secondary N) is 1. The van der Waals surface area contributed by atoms with Crippen LogP contribution in [0.25, 0.3) is 11.1 Å². The van der Waals surface area contributed by atoms with Crippen LogP contribution >= 0.6 is 0 Å². The molecular formula is C27H32N2O5. The zero-order chi connectivity index (χ0) is 24.2. The normalized spacial score (nSPS) is 20.2. The molecule has 7 nitrogen and oxygen atoms in total. The Balaban J connectivity index is 1.27. The average Bonchev–Trinajstić information content (AvgIpc) is 3.15. The van der Waals surface area contributed by atoms with Crippen molar-refractivity contribution in [2.45, 2.75) is 45.1 Å². The fraction of sp³-hybridized carbons (Fsp3) is 0.444. The predicted octanol–water partition coefficient (Wildman–Crippen LogP) is 4.26. The topological polar surface area (TPSA) is 95.9 Å². The van der Waals surface area contributed by atoms with Crippen LogP contribution in [-0.2, 0) is 14.3 Å². The van der Waals surface area contributed by atoms with Gasteiger partial charge in [0.15, 0.2) is 0 Å². The molecule has 2 aromatic rings. The number of nitrogens with zero attached hydrogens (tertiary/aromatic N) is 1. The summed E-state index contributed by atoms with van der Waals surface area (Å²) in [5.74, 6) is -0.995. The van der Waals surface area contributed by atoms with Crippen LogP contribution in [0.2, 0.25) is 0 Å². The highest BCUT2D eigenvalue weighted by Crippen LogP contribution is 2.44. The van der Waals surface area contributed by atoms with Gasteiger partial charge in [0.2, 0.25) is 5.91 Å². The van der Waals surface area contributed by atoms with Crippen molar-refractivity contribution < 1.29 is 24.2 Å². The molecule has 2 aliphatic rings. The number of benzene rings is 2. The smallest absolute Gasteiger partial charge is 0.407 e. The van der Waals surface area contributed by atoms with Crippen LogP contribution in [-0.4, -0.2) is 53.7 Å². The number of alkyl carbamates (subject to hydrolysis) is 1. The molecule has 2 amide bonds. The molecule has 2 aromatic carbocycles. The Morgan fingerprint density at radius 2 is 1.68 bits per heavy atom. The summed E-state index contributed by atoms with van der Waals surface area (Å²) in [6.07, 6.45) is 0.949. The average molecular weight is 465 g/mol. The molecule has 1 heterocycles. The molecule has 1 aliphatic heterocycles. The quantitative estimate of drug-likeness (QED) is 0.638. The number of hydrogen-bond donors (Lipinski definition) is 2. The van der Waals surface area contributed by atoms with E-state index >= 15 is 0 Å². The van der Waals surface area contributed by atoms with Gasteiger partial charge in [-0.25, -0.2) is 9.59 Å². The summed E-state index contributed by atoms with van der Waals surface area (Å²) >= 11 is 0. The van der Waals surface area contributed by atoms with Crippen molar-refractivity contribution in [1.29, 1.82) is 0 Å². The van der Waals surface area contributed by atoms with Crippen LogP contribution in [0.1, 0.15) is 50.2 Å². The lowest BCUT2D eigenvalue weighted by Gasteiger charge is -2.36. The van der Waals surface area contributed by atoms with Crippen LogP contribution in [0.4, 0.5) is 4.79 Å². The van der Waals surface area contributed by atoms with Gasteiger partial charge >= 0.3 is 12.1 Å². The van der Waals surface area contributed by atoms with Crippen molar-refractivity contribution >= 4 is 18.0 Å². The fourth-order valence-corrected chi connectivity index (χ4v) is 5.08. The molecular weight excluding hydrogens is 432 g/mol. The number of piperidine rings is 1. The first-order valence-corrected chi connectivity index (χ1v) is 12.0. The monoisotopic (exact) mass is 464 g/mol. The molecule has 0 bridgehead atoms. The standard InChI is InChI=1S/C27H32N2O5/c1-17-11-12-24(26(31)32)29(15-17)25(30)13-18(2)14-28-27(33)34-16-23-21-9-5-3-7-19(21)20-8-4-6-10-22(20)23/h3-10,17-18,23-24H,11-16H2,1-2H3,(H,28,33)(H,31,32). The molecule has 3 unspecified atom stereocenters.